The van der Waals surface area contributed by atoms with Gasteiger partial charge in [0.1, 0.15) is 4.90 Å². The quantitative estimate of drug-likeness (QED) is 0.760. The minimum Gasteiger partial charge on any atom is -0.433 e. The maximum absolute atomic E-state index is 13.6. The van der Waals surface area contributed by atoms with E-state index in [1.165, 1.54) is 10.4 Å². The smallest absolute Gasteiger partial charge is 0.387 e. The Balaban J connectivity index is 2.18. The zero-order valence-electron chi connectivity index (χ0n) is 16.7. The SMILES string of the molecule is Cc1nn(C(C)(C)C)c(C)c1S(=O)(=O)N1CCCc2cccc(OC(F)F)c21. The average molecular weight is 413 g/mol. The minimum absolute atomic E-state index is 0.113. The van der Waals surface area contributed by atoms with Crippen LogP contribution in [0, 0.1) is 13.8 Å². The first-order chi connectivity index (χ1) is 12.9. The number of fused-ring (bicyclic) bond motifs is 1. The summed E-state index contributed by atoms with van der Waals surface area (Å²) in [4.78, 5) is 0.113. The van der Waals surface area contributed by atoms with Crippen LogP contribution in [0.3, 0.4) is 0 Å². The average Bonchev–Trinajstić information content (AvgIpc) is 2.89. The molecule has 0 amide bonds. The summed E-state index contributed by atoms with van der Waals surface area (Å²) >= 11 is 0. The van der Waals surface area contributed by atoms with Crippen LogP contribution >= 0.6 is 0 Å². The van der Waals surface area contributed by atoms with Gasteiger partial charge >= 0.3 is 6.61 Å². The van der Waals surface area contributed by atoms with Crippen LogP contribution in [0.1, 0.15) is 44.1 Å². The summed E-state index contributed by atoms with van der Waals surface area (Å²) in [6, 6.07) is 4.71. The van der Waals surface area contributed by atoms with Crippen molar-refractivity contribution in [3.05, 3.63) is 35.2 Å². The number of aromatic nitrogens is 2. The van der Waals surface area contributed by atoms with Crippen LogP contribution in [-0.2, 0) is 22.0 Å². The van der Waals surface area contributed by atoms with Crippen LogP contribution < -0.4 is 9.04 Å². The van der Waals surface area contributed by atoms with Gasteiger partial charge in [-0.3, -0.25) is 8.99 Å². The van der Waals surface area contributed by atoms with Gasteiger partial charge in [-0.2, -0.15) is 13.9 Å². The van der Waals surface area contributed by atoms with Crippen molar-refractivity contribution < 1.29 is 21.9 Å². The Bertz CT molecular complexity index is 995. The first-order valence-corrected chi connectivity index (χ1v) is 10.5. The van der Waals surface area contributed by atoms with Gasteiger partial charge in [-0.25, -0.2) is 8.42 Å². The van der Waals surface area contributed by atoms with Crippen LogP contribution in [0.4, 0.5) is 14.5 Å². The summed E-state index contributed by atoms with van der Waals surface area (Å²) < 4.78 is 60.5. The fraction of sp³-hybridized carbons (Fsp3) is 0.526. The van der Waals surface area contributed by atoms with Crippen molar-refractivity contribution in [3.8, 4) is 5.75 Å². The number of halogens is 2. The molecule has 0 fully saturated rings. The van der Waals surface area contributed by atoms with Crippen LogP contribution in [0.25, 0.3) is 0 Å². The van der Waals surface area contributed by atoms with E-state index in [0.29, 0.717) is 29.8 Å². The maximum Gasteiger partial charge on any atom is 0.387 e. The number of para-hydroxylation sites is 1. The highest BCUT2D eigenvalue weighted by molar-refractivity contribution is 7.93. The molecule has 0 saturated heterocycles. The molecule has 9 heteroatoms. The van der Waals surface area contributed by atoms with Gasteiger partial charge in [-0.15, -0.1) is 0 Å². The molecule has 154 valence electrons. The number of aryl methyl sites for hydroxylation is 2. The van der Waals surface area contributed by atoms with E-state index in [-0.39, 0.29) is 22.9 Å². The monoisotopic (exact) mass is 413 g/mol. The molecule has 0 saturated carbocycles. The lowest BCUT2D eigenvalue weighted by atomic mass is 10.0. The molecule has 3 rings (SSSR count). The molecule has 28 heavy (non-hydrogen) atoms. The van der Waals surface area contributed by atoms with E-state index in [2.05, 4.69) is 9.84 Å². The second-order valence-corrected chi connectivity index (χ2v) is 9.70. The number of hydrogen-bond donors (Lipinski definition) is 0. The number of anilines is 1. The van der Waals surface area contributed by atoms with Crippen LogP contribution in [0.2, 0.25) is 0 Å². The highest BCUT2D eigenvalue weighted by Gasteiger charge is 2.37. The summed E-state index contributed by atoms with van der Waals surface area (Å²) in [7, 11) is -4.01. The van der Waals surface area contributed by atoms with Crippen LogP contribution in [0.5, 0.6) is 5.75 Å². The lowest BCUT2D eigenvalue weighted by Crippen LogP contribution is -2.36. The van der Waals surface area contributed by atoms with Gasteiger partial charge in [-0.05, 0) is 59.1 Å². The van der Waals surface area contributed by atoms with E-state index in [1.54, 1.807) is 30.7 Å². The number of sulfonamides is 1. The van der Waals surface area contributed by atoms with E-state index in [4.69, 9.17) is 0 Å². The van der Waals surface area contributed by atoms with Gasteiger partial charge < -0.3 is 4.74 Å². The predicted octanol–water partition coefficient (Wildman–Crippen LogP) is 4.00. The number of ether oxygens (including phenoxy) is 1. The summed E-state index contributed by atoms with van der Waals surface area (Å²) in [5, 5.41) is 4.43. The molecule has 1 aromatic heterocycles. The zero-order valence-corrected chi connectivity index (χ0v) is 17.5. The molecule has 0 bridgehead atoms. The van der Waals surface area contributed by atoms with Crippen LogP contribution in [-0.4, -0.2) is 31.4 Å². The molecule has 0 radical (unpaired) electrons. The molecule has 6 nitrogen and oxygen atoms in total. The van der Waals surface area contributed by atoms with Crippen molar-refractivity contribution in [3.63, 3.8) is 0 Å². The van der Waals surface area contributed by atoms with Crippen molar-refractivity contribution in [1.29, 1.82) is 0 Å². The molecule has 0 aliphatic carbocycles. The van der Waals surface area contributed by atoms with E-state index in [9.17, 15) is 17.2 Å². The highest BCUT2D eigenvalue weighted by atomic mass is 32.2. The molecule has 1 aliphatic rings. The molecule has 0 spiro atoms. The van der Waals surface area contributed by atoms with Gasteiger partial charge in [0.2, 0.25) is 0 Å². The third-order valence-electron chi connectivity index (χ3n) is 4.76. The topological polar surface area (TPSA) is 64.4 Å². The highest BCUT2D eigenvalue weighted by Crippen LogP contribution is 2.41. The fourth-order valence-electron chi connectivity index (χ4n) is 3.77. The molecule has 1 aromatic carbocycles. The Kier molecular flexibility index (Phi) is 5.16. The summed E-state index contributed by atoms with van der Waals surface area (Å²) in [5.41, 5.74) is 1.37. The number of hydrogen-bond acceptors (Lipinski definition) is 4. The molecule has 0 atom stereocenters. The van der Waals surface area contributed by atoms with E-state index >= 15 is 0 Å². The van der Waals surface area contributed by atoms with Crippen LogP contribution in [0.15, 0.2) is 23.1 Å². The van der Waals surface area contributed by atoms with Crippen molar-refractivity contribution in [2.75, 3.05) is 10.8 Å². The Morgan fingerprint density at radius 2 is 1.89 bits per heavy atom. The molecular weight excluding hydrogens is 388 g/mol. The molecule has 0 unspecified atom stereocenters. The molecular formula is C19H25F2N3O3S. The predicted molar refractivity (Wildman–Crippen MR) is 103 cm³/mol. The first-order valence-electron chi connectivity index (χ1n) is 9.10. The van der Waals surface area contributed by atoms with Crippen molar-refractivity contribution in [2.24, 2.45) is 0 Å². The number of rotatable bonds is 4. The van der Waals surface area contributed by atoms with E-state index < -0.39 is 22.2 Å². The molecule has 1 aliphatic heterocycles. The third kappa shape index (κ3) is 3.47. The second-order valence-electron chi connectivity index (χ2n) is 7.91. The second kappa shape index (κ2) is 7.02. The Hall–Kier alpha value is -2.16. The normalized spacial score (nSPS) is 15.1. The van der Waals surface area contributed by atoms with E-state index in [0.717, 1.165) is 0 Å². The van der Waals surface area contributed by atoms with Gasteiger partial charge in [0, 0.05) is 6.54 Å². The lowest BCUT2D eigenvalue weighted by molar-refractivity contribution is -0.0495. The number of nitrogens with zero attached hydrogens (tertiary/aromatic N) is 3. The minimum atomic E-state index is -4.01. The summed E-state index contributed by atoms with van der Waals surface area (Å²) in [6.07, 6.45) is 1.19. The van der Waals surface area contributed by atoms with Gasteiger partial charge in [0.05, 0.1) is 22.6 Å². The Morgan fingerprint density at radius 1 is 1.21 bits per heavy atom. The van der Waals surface area contributed by atoms with Gasteiger partial charge in [0.15, 0.2) is 5.75 Å². The Morgan fingerprint density at radius 3 is 2.46 bits per heavy atom. The number of benzene rings is 1. The molecule has 0 N–H and O–H groups in total. The first kappa shape index (κ1) is 20.6. The summed E-state index contributed by atoms with van der Waals surface area (Å²) in [5.74, 6) is -0.130. The van der Waals surface area contributed by atoms with Gasteiger partial charge in [-0.1, -0.05) is 12.1 Å². The van der Waals surface area contributed by atoms with Crippen molar-refractivity contribution in [1.82, 2.24) is 9.78 Å². The van der Waals surface area contributed by atoms with Gasteiger partial charge in [0.25, 0.3) is 10.0 Å². The Labute approximate surface area is 164 Å². The lowest BCUT2D eigenvalue weighted by Gasteiger charge is -2.32. The summed E-state index contributed by atoms with van der Waals surface area (Å²) in [6.45, 7) is 6.33. The van der Waals surface area contributed by atoms with E-state index in [1.807, 2.05) is 20.8 Å². The molecule has 2 aromatic rings. The maximum atomic E-state index is 13.6. The number of alkyl halides is 2. The fourth-order valence-corrected chi connectivity index (χ4v) is 5.69. The third-order valence-corrected chi connectivity index (χ3v) is 6.82. The molecule has 2 heterocycles. The standard InChI is InChI=1S/C19H25F2N3O3S/c1-12-17(13(2)24(22-12)19(3,4)5)28(25,26)23-11-7-9-14-8-6-10-15(16(14)23)27-18(20)21/h6,8,10,18H,7,9,11H2,1-5H3. The zero-order chi connectivity index (χ0) is 20.9. The largest absolute Gasteiger partial charge is 0.433 e. The van der Waals surface area contributed by atoms with Crippen molar-refractivity contribution >= 4 is 15.7 Å². The van der Waals surface area contributed by atoms with Crippen molar-refractivity contribution in [2.45, 2.75) is 64.5 Å².